The summed E-state index contributed by atoms with van der Waals surface area (Å²) in [4.78, 5) is 53.6. The fourth-order valence-corrected chi connectivity index (χ4v) is 10.7. The van der Waals surface area contributed by atoms with Gasteiger partial charge in [0, 0.05) is 31.7 Å². The molecule has 15 atom stereocenters. The molecular formula is C34H51N3O10. The highest BCUT2D eigenvalue weighted by Gasteiger charge is 2.65. The summed E-state index contributed by atoms with van der Waals surface area (Å²) < 4.78 is 34.8. The standard InChI is InChI=1S/C34H51N3O10/c1-16-9-10-22-21-15-24(36-37-35)27-26(31(41)42-8)25(12-14-34(27,7)23(21)11-13-33(16,22)6)47-32-30(46-20(5)40)29(45-19(4)39)28(17(2)43-32)44-18(3)38/h16-17,21-30,32H,9-15H2,1-8H3/t16-,17-,21-,22-,23-,24?,25-,26?,27?,28-,29+,30+,32-,33+,34+/m0/s1. The van der Waals surface area contributed by atoms with Gasteiger partial charge in [-0.25, -0.2) is 0 Å². The number of carbonyl (C=O) groups is 4. The molecule has 0 aromatic heterocycles. The minimum Gasteiger partial charge on any atom is -0.469 e. The highest BCUT2D eigenvalue weighted by Crippen LogP contribution is 2.68. The Balaban J connectivity index is 1.50. The van der Waals surface area contributed by atoms with E-state index >= 15 is 0 Å². The minimum atomic E-state index is -1.30. The largest absolute Gasteiger partial charge is 0.469 e. The Morgan fingerprint density at radius 2 is 1.43 bits per heavy atom. The smallest absolute Gasteiger partial charge is 0.311 e. The Morgan fingerprint density at radius 1 is 0.830 bits per heavy atom. The third-order valence-electron chi connectivity index (χ3n) is 12.8. The first-order valence-corrected chi connectivity index (χ1v) is 17.1. The molecule has 5 aliphatic rings. The van der Waals surface area contributed by atoms with Gasteiger partial charge >= 0.3 is 23.9 Å². The Hall–Kier alpha value is -2.89. The van der Waals surface area contributed by atoms with Gasteiger partial charge in [0.25, 0.3) is 0 Å². The number of ether oxygens (including phenoxy) is 6. The molecule has 1 heterocycles. The van der Waals surface area contributed by atoms with Crippen LogP contribution >= 0.6 is 0 Å². The van der Waals surface area contributed by atoms with Crippen LogP contribution in [0.5, 0.6) is 0 Å². The summed E-state index contributed by atoms with van der Waals surface area (Å²) in [5, 5.41) is 4.37. The van der Waals surface area contributed by atoms with Crippen molar-refractivity contribution >= 4 is 23.9 Å². The molecule has 0 radical (unpaired) electrons. The first-order chi connectivity index (χ1) is 22.2. The van der Waals surface area contributed by atoms with Crippen molar-refractivity contribution in [3.63, 3.8) is 0 Å². The second-order valence-corrected chi connectivity index (χ2v) is 15.1. The van der Waals surface area contributed by atoms with Crippen molar-refractivity contribution in [1.29, 1.82) is 0 Å². The lowest BCUT2D eigenvalue weighted by atomic mass is 9.42. The lowest BCUT2D eigenvalue weighted by molar-refractivity contribution is -0.320. The van der Waals surface area contributed by atoms with Crippen molar-refractivity contribution in [3.05, 3.63) is 10.4 Å². The molecule has 4 saturated carbocycles. The zero-order chi connectivity index (χ0) is 34.4. The van der Waals surface area contributed by atoms with Gasteiger partial charge in [-0.05, 0) is 97.8 Å². The van der Waals surface area contributed by atoms with E-state index < -0.39 is 72.6 Å². The van der Waals surface area contributed by atoms with Crippen LogP contribution in [-0.4, -0.2) is 73.8 Å². The molecule has 13 nitrogen and oxygen atoms in total. The molecule has 0 aromatic rings. The van der Waals surface area contributed by atoms with E-state index in [1.54, 1.807) is 6.92 Å². The fraction of sp³-hybridized carbons (Fsp3) is 0.882. The van der Waals surface area contributed by atoms with Crippen LogP contribution < -0.4 is 0 Å². The van der Waals surface area contributed by atoms with Crippen LogP contribution in [-0.2, 0) is 47.6 Å². The molecule has 262 valence electrons. The van der Waals surface area contributed by atoms with Crippen molar-refractivity contribution in [3.8, 4) is 0 Å². The number of hydrogen-bond donors (Lipinski definition) is 0. The van der Waals surface area contributed by atoms with Crippen molar-refractivity contribution in [2.75, 3.05) is 7.11 Å². The van der Waals surface area contributed by atoms with Crippen molar-refractivity contribution < 1.29 is 47.6 Å². The Labute approximate surface area is 276 Å². The maximum atomic E-state index is 13.8. The van der Waals surface area contributed by atoms with Crippen LogP contribution in [0.3, 0.4) is 0 Å². The number of hydrogen-bond acceptors (Lipinski definition) is 11. The number of carbonyl (C=O) groups excluding carboxylic acids is 4. The number of azide groups is 1. The first kappa shape index (κ1) is 35.4. The summed E-state index contributed by atoms with van der Waals surface area (Å²) in [7, 11) is 1.34. The molecule has 0 N–H and O–H groups in total. The molecule has 5 fully saturated rings. The summed E-state index contributed by atoms with van der Waals surface area (Å²) in [5.74, 6) is -1.70. The molecule has 4 aliphatic carbocycles. The SMILES string of the molecule is COC(=O)C1C2C(N=[N+]=[N-])C[C@H]3[C@@H]4CC[C@H](C)[C@@]4(C)CC[C@@H]3[C@@]2(C)CC[C@@H]1O[C@@H]1O[C@@H](C)[C@H](OC(C)=O)[C@@H](OC(C)=O)[C@H]1OC(C)=O. The molecule has 47 heavy (non-hydrogen) atoms. The maximum absolute atomic E-state index is 13.8. The van der Waals surface area contributed by atoms with E-state index in [1.165, 1.54) is 40.7 Å². The van der Waals surface area contributed by atoms with E-state index in [-0.39, 0.29) is 16.7 Å². The highest BCUT2D eigenvalue weighted by atomic mass is 16.7. The molecule has 13 heteroatoms. The monoisotopic (exact) mass is 661 g/mol. The van der Waals surface area contributed by atoms with Crippen LogP contribution in [0.15, 0.2) is 5.11 Å². The predicted molar refractivity (Wildman–Crippen MR) is 166 cm³/mol. The summed E-state index contributed by atoms with van der Waals surface area (Å²) in [6, 6.07) is -0.447. The average molecular weight is 662 g/mol. The van der Waals surface area contributed by atoms with Gasteiger partial charge in [-0.1, -0.05) is 25.9 Å². The fourth-order valence-electron chi connectivity index (χ4n) is 10.7. The molecule has 0 bridgehead atoms. The maximum Gasteiger partial charge on any atom is 0.311 e. The quantitative estimate of drug-likeness (QED) is 0.0873. The topological polar surface area (TPSA) is 172 Å². The minimum absolute atomic E-state index is 0.260. The van der Waals surface area contributed by atoms with E-state index in [9.17, 15) is 24.7 Å². The summed E-state index contributed by atoms with van der Waals surface area (Å²) in [6.45, 7) is 12.3. The van der Waals surface area contributed by atoms with Gasteiger partial charge in [-0.15, -0.1) is 0 Å². The van der Waals surface area contributed by atoms with Gasteiger partial charge in [0.05, 0.1) is 25.2 Å². The van der Waals surface area contributed by atoms with E-state index in [4.69, 9.17) is 28.4 Å². The zero-order valence-electron chi connectivity index (χ0n) is 28.9. The summed E-state index contributed by atoms with van der Waals surface area (Å²) in [6.07, 6.45) is 0.0118. The molecule has 0 spiro atoms. The van der Waals surface area contributed by atoms with E-state index in [2.05, 4.69) is 30.8 Å². The Morgan fingerprint density at radius 3 is 2.04 bits per heavy atom. The van der Waals surface area contributed by atoms with Crippen molar-refractivity contribution in [2.24, 2.45) is 51.5 Å². The molecule has 1 aliphatic heterocycles. The Kier molecular flexibility index (Phi) is 10.2. The van der Waals surface area contributed by atoms with E-state index in [1.807, 2.05) is 0 Å². The van der Waals surface area contributed by atoms with Crippen LogP contribution in [0.25, 0.3) is 10.4 Å². The second-order valence-electron chi connectivity index (χ2n) is 15.1. The lowest BCUT2D eigenvalue weighted by Gasteiger charge is -2.63. The van der Waals surface area contributed by atoms with Crippen molar-refractivity contribution in [2.45, 2.75) is 136 Å². The third-order valence-corrected chi connectivity index (χ3v) is 12.8. The van der Waals surface area contributed by atoms with E-state index in [0.717, 1.165) is 19.3 Å². The molecule has 0 aromatic carbocycles. The summed E-state index contributed by atoms with van der Waals surface area (Å²) >= 11 is 0. The third kappa shape index (κ3) is 6.35. The molecule has 0 amide bonds. The number of esters is 4. The van der Waals surface area contributed by atoms with Gasteiger partial charge in [-0.2, -0.15) is 0 Å². The van der Waals surface area contributed by atoms with Gasteiger partial charge in [0.15, 0.2) is 24.6 Å². The van der Waals surface area contributed by atoms with Crippen LogP contribution in [0.1, 0.15) is 93.4 Å². The summed E-state index contributed by atoms with van der Waals surface area (Å²) in [5.41, 5.74) is 9.72. The Bertz CT molecular complexity index is 1290. The molecule has 5 rings (SSSR count). The van der Waals surface area contributed by atoms with Crippen LogP contribution in [0.2, 0.25) is 0 Å². The molecular weight excluding hydrogens is 610 g/mol. The van der Waals surface area contributed by atoms with Crippen LogP contribution in [0, 0.1) is 46.3 Å². The highest BCUT2D eigenvalue weighted by molar-refractivity contribution is 5.74. The average Bonchev–Trinajstić information content (AvgIpc) is 3.30. The zero-order valence-corrected chi connectivity index (χ0v) is 28.9. The molecule has 3 unspecified atom stereocenters. The van der Waals surface area contributed by atoms with Gasteiger partial charge in [0.2, 0.25) is 0 Å². The second kappa shape index (κ2) is 13.6. The van der Waals surface area contributed by atoms with Gasteiger partial charge < -0.3 is 28.4 Å². The number of fused-ring (bicyclic) bond motifs is 5. The normalized spacial score (nSPS) is 45.6. The van der Waals surface area contributed by atoms with Gasteiger partial charge in [-0.3, -0.25) is 19.2 Å². The lowest BCUT2D eigenvalue weighted by Crippen LogP contribution is -2.64. The van der Waals surface area contributed by atoms with Gasteiger partial charge in [0.1, 0.15) is 0 Å². The predicted octanol–water partition coefficient (Wildman–Crippen LogP) is 5.28. The number of methoxy groups -OCH3 is 1. The van der Waals surface area contributed by atoms with E-state index in [0.29, 0.717) is 36.5 Å². The van der Waals surface area contributed by atoms with Crippen molar-refractivity contribution in [1.82, 2.24) is 0 Å². The number of rotatable bonds is 7. The van der Waals surface area contributed by atoms with Crippen LogP contribution in [0.4, 0.5) is 0 Å². The first-order valence-electron chi connectivity index (χ1n) is 17.1. The molecule has 1 saturated heterocycles. The number of nitrogens with zero attached hydrogens (tertiary/aromatic N) is 3.